The third-order valence-corrected chi connectivity index (χ3v) is 6.71. The molecule has 0 bridgehead atoms. The van der Waals surface area contributed by atoms with Crippen LogP contribution in [0.1, 0.15) is 30.5 Å². The van der Waals surface area contributed by atoms with E-state index in [1.165, 1.54) is 17.8 Å². The van der Waals surface area contributed by atoms with Gasteiger partial charge < -0.3 is 10.2 Å². The Morgan fingerprint density at radius 1 is 1.28 bits per heavy atom. The molecule has 0 radical (unpaired) electrons. The van der Waals surface area contributed by atoms with Crippen molar-refractivity contribution in [1.82, 2.24) is 10.2 Å². The molecular weight excluding hydrogens is 389 g/mol. The van der Waals surface area contributed by atoms with Gasteiger partial charge in [0.05, 0.1) is 12.2 Å². The predicted octanol–water partition coefficient (Wildman–Crippen LogP) is 4.00. The summed E-state index contributed by atoms with van der Waals surface area (Å²) in [6.45, 7) is 6.37. The Hall–Kier alpha value is -2.54. The van der Waals surface area contributed by atoms with E-state index in [4.69, 9.17) is 0 Å². The Labute approximate surface area is 174 Å². The molecule has 29 heavy (non-hydrogen) atoms. The van der Waals surface area contributed by atoms with Crippen molar-refractivity contribution in [2.75, 3.05) is 17.2 Å². The molecule has 7 heteroatoms. The van der Waals surface area contributed by atoms with E-state index < -0.39 is 4.87 Å². The molecule has 3 amide bonds. The number of benzene rings is 2. The van der Waals surface area contributed by atoms with Gasteiger partial charge in [-0.25, -0.2) is 9.18 Å². The first kappa shape index (κ1) is 19.8. The highest BCUT2D eigenvalue weighted by Gasteiger charge is 2.59. The van der Waals surface area contributed by atoms with Crippen LogP contribution in [-0.2, 0) is 16.2 Å². The highest BCUT2D eigenvalue weighted by molar-refractivity contribution is 8.01. The number of aryl methyl sites for hydroxylation is 1. The molecule has 4 rings (SSSR count). The van der Waals surface area contributed by atoms with Gasteiger partial charge in [0.25, 0.3) is 5.91 Å². The first-order valence-electron chi connectivity index (χ1n) is 9.73. The molecular formula is C22H24FN3O2S. The SMILES string of the molecule is Cc1ccc2c(c1)C1(SCCN1C(=O)NC(C)C)C(=O)N2Cc1ccccc1F. The number of anilines is 1. The van der Waals surface area contributed by atoms with E-state index in [9.17, 15) is 14.0 Å². The number of hydrogen-bond acceptors (Lipinski definition) is 3. The summed E-state index contributed by atoms with van der Waals surface area (Å²) in [5.74, 6) is 0.129. The van der Waals surface area contributed by atoms with E-state index in [2.05, 4.69) is 5.32 Å². The van der Waals surface area contributed by atoms with Gasteiger partial charge >= 0.3 is 6.03 Å². The lowest BCUT2D eigenvalue weighted by atomic mass is 10.0. The first-order chi connectivity index (χ1) is 13.8. The number of halogens is 1. The molecule has 2 aliphatic rings. The van der Waals surface area contributed by atoms with Gasteiger partial charge in [0.1, 0.15) is 5.82 Å². The van der Waals surface area contributed by atoms with Crippen LogP contribution in [0.5, 0.6) is 0 Å². The average molecular weight is 414 g/mol. The minimum absolute atomic E-state index is 0.0341. The van der Waals surface area contributed by atoms with Gasteiger partial charge in [-0.3, -0.25) is 9.69 Å². The molecule has 1 fully saturated rings. The van der Waals surface area contributed by atoms with Gasteiger partial charge in [0.15, 0.2) is 4.87 Å². The van der Waals surface area contributed by atoms with E-state index >= 15 is 0 Å². The number of hydrogen-bond donors (Lipinski definition) is 1. The lowest BCUT2D eigenvalue weighted by molar-refractivity contribution is -0.123. The van der Waals surface area contributed by atoms with Gasteiger partial charge in [-0.1, -0.05) is 35.9 Å². The Morgan fingerprint density at radius 2 is 2.03 bits per heavy atom. The molecule has 0 aromatic heterocycles. The number of fused-ring (bicyclic) bond motifs is 2. The van der Waals surface area contributed by atoms with Crippen molar-refractivity contribution in [3.63, 3.8) is 0 Å². The molecule has 5 nitrogen and oxygen atoms in total. The number of amides is 3. The zero-order valence-electron chi connectivity index (χ0n) is 16.7. The van der Waals surface area contributed by atoms with Gasteiger partial charge in [-0.2, -0.15) is 0 Å². The topological polar surface area (TPSA) is 52.7 Å². The van der Waals surface area contributed by atoms with Crippen LogP contribution in [0.4, 0.5) is 14.9 Å². The molecule has 2 aromatic carbocycles. The van der Waals surface area contributed by atoms with Gasteiger partial charge in [-0.05, 0) is 32.9 Å². The Balaban J connectivity index is 1.80. The summed E-state index contributed by atoms with van der Waals surface area (Å²) in [5, 5.41) is 2.92. The fourth-order valence-corrected chi connectivity index (χ4v) is 5.46. The molecule has 2 aliphatic heterocycles. The lowest BCUT2D eigenvalue weighted by Gasteiger charge is -2.33. The summed E-state index contributed by atoms with van der Waals surface area (Å²) < 4.78 is 14.3. The molecule has 2 heterocycles. The maximum absolute atomic E-state index is 14.3. The lowest BCUT2D eigenvalue weighted by Crippen LogP contribution is -2.54. The summed E-state index contributed by atoms with van der Waals surface area (Å²) in [7, 11) is 0. The van der Waals surface area contributed by atoms with Crippen molar-refractivity contribution in [3.8, 4) is 0 Å². The normalized spacial score (nSPS) is 20.7. The number of nitrogens with one attached hydrogen (secondary N) is 1. The molecule has 1 N–H and O–H groups in total. The second kappa shape index (κ2) is 7.37. The predicted molar refractivity (Wildman–Crippen MR) is 113 cm³/mol. The van der Waals surface area contributed by atoms with E-state index in [1.807, 2.05) is 39.0 Å². The molecule has 2 aromatic rings. The molecule has 0 aliphatic carbocycles. The van der Waals surface area contributed by atoms with Crippen molar-refractivity contribution < 1.29 is 14.0 Å². The van der Waals surface area contributed by atoms with Crippen LogP contribution in [0, 0.1) is 12.7 Å². The van der Waals surface area contributed by atoms with E-state index in [0.29, 0.717) is 17.9 Å². The van der Waals surface area contributed by atoms with Gasteiger partial charge in [0, 0.05) is 29.5 Å². The molecule has 1 saturated heterocycles. The van der Waals surface area contributed by atoms with Crippen LogP contribution in [0.3, 0.4) is 0 Å². The standard InChI is InChI=1S/C22H24FN3O2S/c1-14(2)24-21(28)26-10-11-29-22(26)17-12-15(3)8-9-19(17)25(20(22)27)13-16-6-4-5-7-18(16)23/h4-9,12,14H,10-11,13H2,1-3H3,(H,24,28). The number of thioether (sulfide) groups is 1. The summed E-state index contributed by atoms with van der Waals surface area (Å²) in [4.78, 5) is 28.9. The second-order valence-electron chi connectivity index (χ2n) is 7.75. The molecule has 1 unspecified atom stereocenters. The average Bonchev–Trinajstić information content (AvgIpc) is 3.20. The van der Waals surface area contributed by atoms with Crippen LogP contribution >= 0.6 is 11.8 Å². The summed E-state index contributed by atoms with van der Waals surface area (Å²) in [6, 6.07) is 12.0. The van der Waals surface area contributed by atoms with Gasteiger partial charge in [-0.15, -0.1) is 11.8 Å². The quantitative estimate of drug-likeness (QED) is 0.828. The molecule has 1 atom stereocenters. The summed E-state index contributed by atoms with van der Waals surface area (Å²) in [5.41, 5.74) is 3.01. The van der Waals surface area contributed by atoms with Gasteiger partial charge in [0.2, 0.25) is 0 Å². The Morgan fingerprint density at radius 3 is 2.76 bits per heavy atom. The zero-order valence-corrected chi connectivity index (χ0v) is 17.6. The number of rotatable bonds is 3. The number of nitrogens with zero attached hydrogens (tertiary/aromatic N) is 2. The fourth-order valence-electron chi connectivity index (χ4n) is 4.01. The maximum atomic E-state index is 14.3. The van der Waals surface area contributed by atoms with E-state index in [-0.39, 0.29) is 30.3 Å². The van der Waals surface area contributed by atoms with Crippen molar-refractivity contribution >= 4 is 29.4 Å². The largest absolute Gasteiger partial charge is 0.336 e. The van der Waals surface area contributed by atoms with E-state index in [0.717, 1.165) is 16.8 Å². The highest BCUT2D eigenvalue weighted by atomic mass is 32.2. The molecule has 1 spiro atoms. The van der Waals surface area contributed by atoms with Crippen LogP contribution in [0.25, 0.3) is 0 Å². The maximum Gasteiger partial charge on any atom is 0.319 e. The zero-order chi connectivity index (χ0) is 20.8. The van der Waals surface area contributed by atoms with E-state index in [1.54, 1.807) is 28.0 Å². The minimum Gasteiger partial charge on any atom is -0.336 e. The summed E-state index contributed by atoms with van der Waals surface area (Å²) >= 11 is 1.47. The number of carbonyl (C=O) groups is 2. The van der Waals surface area contributed by atoms with Crippen LogP contribution in [0.2, 0.25) is 0 Å². The van der Waals surface area contributed by atoms with Crippen molar-refractivity contribution in [1.29, 1.82) is 0 Å². The van der Waals surface area contributed by atoms with Crippen molar-refractivity contribution in [3.05, 3.63) is 65.0 Å². The first-order valence-corrected chi connectivity index (χ1v) is 10.7. The van der Waals surface area contributed by atoms with Crippen molar-refractivity contribution in [2.45, 2.75) is 38.2 Å². The Kier molecular flexibility index (Phi) is 5.02. The smallest absolute Gasteiger partial charge is 0.319 e. The summed E-state index contributed by atoms with van der Waals surface area (Å²) in [6.07, 6.45) is 0. The minimum atomic E-state index is -1.11. The highest BCUT2D eigenvalue weighted by Crippen LogP contribution is 2.54. The third-order valence-electron chi connectivity index (χ3n) is 5.29. The molecule has 0 saturated carbocycles. The fraction of sp³-hybridized carbons (Fsp3) is 0.364. The third kappa shape index (κ3) is 3.17. The number of carbonyl (C=O) groups excluding carboxylic acids is 2. The van der Waals surface area contributed by atoms with Crippen LogP contribution in [0.15, 0.2) is 42.5 Å². The Bertz CT molecular complexity index is 980. The van der Waals surface area contributed by atoms with Crippen LogP contribution in [-0.4, -0.2) is 35.2 Å². The second-order valence-corrected chi connectivity index (χ2v) is 9.04. The monoisotopic (exact) mass is 413 g/mol. The molecule has 152 valence electrons. The van der Waals surface area contributed by atoms with Crippen molar-refractivity contribution in [2.24, 2.45) is 0 Å². The van der Waals surface area contributed by atoms with Crippen LogP contribution < -0.4 is 10.2 Å². The number of urea groups is 1.